The molecule has 0 spiro atoms. The molecule has 0 aromatic heterocycles. The van der Waals surface area contributed by atoms with E-state index in [1.807, 2.05) is 0 Å². The lowest BCUT2D eigenvalue weighted by molar-refractivity contribution is 0.238. The van der Waals surface area contributed by atoms with Crippen LogP contribution in [0, 0.1) is 11.3 Å². The van der Waals surface area contributed by atoms with Gasteiger partial charge >= 0.3 is 0 Å². The van der Waals surface area contributed by atoms with Gasteiger partial charge in [-0.05, 0) is 28.9 Å². The molecular formula is C16H26N2. The highest BCUT2D eigenvalue weighted by atomic mass is 14.9. The van der Waals surface area contributed by atoms with Crippen molar-refractivity contribution in [3.63, 3.8) is 0 Å². The van der Waals surface area contributed by atoms with Gasteiger partial charge in [-0.25, -0.2) is 0 Å². The van der Waals surface area contributed by atoms with Crippen LogP contribution in [0.4, 0.5) is 5.69 Å². The van der Waals surface area contributed by atoms with Gasteiger partial charge in [0.1, 0.15) is 0 Å². The van der Waals surface area contributed by atoms with Gasteiger partial charge in [0.25, 0.3) is 0 Å². The van der Waals surface area contributed by atoms with E-state index in [4.69, 9.17) is 0 Å². The Balaban J connectivity index is 1.94. The molecule has 1 heterocycles. The highest BCUT2D eigenvalue weighted by Gasteiger charge is 2.22. The minimum absolute atomic E-state index is 0.353. The summed E-state index contributed by atoms with van der Waals surface area (Å²) in [4.78, 5) is 0. The summed E-state index contributed by atoms with van der Waals surface area (Å²) in [6.45, 7) is 12.4. The van der Waals surface area contributed by atoms with Gasteiger partial charge in [0.2, 0.25) is 0 Å². The molecule has 1 aromatic rings. The SMILES string of the molecule is CC(C)C(C)(C)CNCc1cccc2c1NCC2. The first-order valence-electron chi connectivity index (χ1n) is 7.06. The Hall–Kier alpha value is -1.02. The quantitative estimate of drug-likeness (QED) is 0.832. The molecule has 1 aliphatic heterocycles. The van der Waals surface area contributed by atoms with Crippen molar-refractivity contribution in [2.45, 2.75) is 40.7 Å². The summed E-state index contributed by atoms with van der Waals surface area (Å²) in [5.74, 6) is 0.699. The topological polar surface area (TPSA) is 24.1 Å². The molecule has 0 radical (unpaired) electrons. The van der Waals surface area contributed by atoms with Crippen LogP contribution in [-0.4, -0.2) is 13.1 Å². The maximum absolute atomic E-state index is 3.61. The third kappa shape index (κ3) is 2.86. The average molecular weight is 246 g/mol. The highest BCUT2D eigenvalue weighted by molar-refractivity contribution is 5.61. The largest absolute Gasteiger partial charge is 0.384 e. The van der Waals surface area contributed by atoms with Crippen LogP contribution in [0.25, 0.3) is 0 Å². The molecule has 0 saturated heterocycles. The molecule has 0 amide bonds. The number of benzene rings is 1. The fraction of sp³-hybridized carbons (Fsp3) is 0.625. The number of anilines is 1. The van der Waals surface area contributed by atoms with Crippen molar-refractivity contribution in [1.29, 1.82) is 0 Å². The van der Waals surface area contributed by atoms with E-state index in [1.54, 1.807) is 0 Å². The smallest absolute Gasteiger partial charge is 0.0419 e. The molecule has 2 nitrogen and oxygen atoms in total. The predicted octanol–water partition coefficient (Wildman–Crippen LogP) is 3.43. The fourth-order valence-corrected chi connectivity index (χ4v) is 2.28. The summed E-state index contributed by atoms with van der Waals surface area (Å²) in [7, 11) is 0. The highest BCUT2D eigenvalue weighted by Crippen LogP contribution is 2.27. The van der Waals surface area contributed by atoms with Crippen molar-refractivity contribution in [2.24, 2.45) is 11.3 Å². The summed E-state index contributed by atoms with van der Waals surface area (Å²) < 4.78 is 0. The lowest BCUT2D eigenvalue weighted by atomic mass is 9.81. The number of rotatable bonds is 5. The fourth-order valence-electron chi connectivity index (χ4n) is 2.28. The lowest BCUT2D eigenvalue weighted by Crippen LogP contribution is -2.33. The molecular weight excluding hydrogens is 220 g/mol. The maximum Gasteiger partial charge on any atom is 0.0419 e. The molecule has 18 heavy (non-hydrogen) atoms. The first kappa shape index (κ1) is 13.4. The van der Waals surface area contributed by atoms with Crippen molar-refractivity contribution >= 4 is 5.69 Å². The van der Waals surface area contributed by atoms with Gasteiger partial charge in [-0.15, -0.1) is 0 Å². The Morgan fingerprint density at radius 1 is 1.33 bits per heavy atom. The monoisotopic (exact) mass is 246 g/mol. The third-order valence-electron chi connectivity index (χ3n) is 4.39. The number of nitrogens with one attached hydrogen (secondary N) is 2. The van der Waals surface area contributed by atoms with Gasteiger partial charge < -0.3 is 10.6 Å². The molecule has 0 unspecified atom stereocenters. The van der Waals surface area contributed by atoms with Gasteiger partial charge in [0.15, 0.2) is 0 Å². The Morgan fingerprint density at radius 2 is 2.11 bits per heavy atom. The molecule has 100 valence electrons. The normalized spacial score (nSPS) is 14.7. The van der Waals surface area contributed by atoms with Gasteiger partial charge in [-0.2, -0.15) is 0 Å². The second-order valence-electron chi connectivity index (χ2n) is 6.37. The van der Waals surface area contributed by atoms with Crippen LogP contribution in [0.2, 0.25) is 0 Å². The van der Waals surface area contributed by atoms with Gasteiger partial charge in [0.05, 0.1) is 0 Å². The molecule has 2 heteroatoms. The Bertz CT molecular complexity index is 408. The zero-order valence-corrected chi connectivity index (χ0v) is 12.1. The van der Waals surface area contributed by atoms with E-state index in [-0.39, 0.29) is 0 Å². The van der Waals surface area contributed by atoms with E-state index in [2.05, 4.69) is 56.5 Å². The van der Waals surface area contributed by atoms with Gasteiger partial charge in [-0.1, -0.05) is 45.9 Å². The first-order chi connectivity index (χ1) is 8.50. The van der Waals surface area contributed by atoms with E-state index in [9.17, 15) is 0 Å². The van der Waals surface area contributed by atoms with Gasteiger partial charge in [0, 0.05) is 25.3 Å². The standard InChI is InChI=1S/C16H26N2/c1-12(2)16(3,4)11-17-10-14-7-5-6-13-8-9-18-15(13)14/h5-7,12,17-18H,8-11H2,1-4H3. The number of para-hydroxylation sites is 1. The first-order valence-corrected chi connectivity index (χ1v) is 7.06. The number of fused-ring (bicyclic) bond motifs is 1. The average Bonchev–Trinajstić information content (AvgIpc) is 2.77. The zero-order chi connectivity index (χ0) is 13.2. The van der Waals surface area contributed by atoms with Crippen molar-refractivity contribution in [3.05, 3.63) is 29.3 Å². The second kappa shape index (κ2) is 5.31. The summed E-state index contributed by atoms with van der Waals surface area (Å²) in [5, 5.41) is 7.11. The van der Waals surface area contributed by atoms with Crippen LogP contribution in [0.3, 0.4) is 0 Å². The maximum atomic E-state index is 3.61. The molecule has 2 N–H and O–H groups in total. The molecule has 0 aliphatic carbocycles. The third-order valence-corrected chi connectivity index (χ3v) is 4.39. The van der Waals surface area contributed by atoms with Crippen LogP contribution in [0.1, 0.15) is 38.8 Å². The number of hydrogen-bond donors (Lipinski definition) is 2. The van der Waals surface area contributed by atoms with Crippen LogP contribution < -0.4 is 10.6 Å². The number of hydrogen-bond acceptors (Lipinski definition) is 2. The molecule has 0 fully saturated rings. The van der Waals surface area contributed by atoms with Crippen LogP contribution in [0.5, 0.6) is 0 Å². The van der Waals surface area contributed by atoms with Crippen LogP contribution in [0.15, 0.2) is 18.2 Å². The summed E-state index contributed by atoms with van der Waals surface area (Å²) in [6.07, 6.45) is 1.17. The van der Waals surface area contributed by atoms with Crippen molar-refractivity contribution < 1.29 is 0 Å². The summed E-state index contributed by atoms with van der Waals surface area (Å²) in [6, 6.07) is 6.64. The summed E-state index contributed by atoms with van der Waals surface area (Å²) >= 11 is 0. The lowest BCUT2D eigenvalue weighted by Gasteiger charge is -2.29. The minimum Gasteiger partial charge on any atom is -0.384 e. The van der Waals surface area contributed by atoms with E-state index < -0.39 is 0 Å². The molecule has 2 rings (SSSR count). The zero-order valence-electron chi connectivity index (χ0n) is 12.1. The predicted molar refractivity (Wildman–Crippen MR) is 79.0 cm³/mol. The Labute approximate surface area is 111 Å². The van der Waals surface area contributed by atoms with Crippen LogP contribution in [-0.2, 0) is 13.0 Å². The minimum atomic E-state index is 0.353. The summed E-state index contributed by atoms with van der Waals surface area (Å²) in [5.41, 5.74) is 4.60. The molecule has 0 atom stereocenters. The van der Waals surface area contributed by atoms with Crippen molar-refractivity contribution in [3.8, 4) is 0 Å². The Morgan fingerprint density at radius 3 is 2.83 bits per heavy atom. The van der Waals surface area contributed by atoms with Gasteiger partial charge in [-0.3, -0.25) is 0 Å². The molecule has 1 aromatic carbocycles. The Kier molecular flexibility index (Phi) is 3.96. The van der Waals surface area contributed by atoms with Crippen molar-refractivity contribution in [2.75, 3.05) is 18.4 Å². The van der Waals surface area contributed by atoms with E-state index in [0.717, 1.165) is 19.6 Å². The van der Waals surface area contributed by atoms with Crippen molar-refractivity contribution in [1.82, 2.24) is 5.32 Å². The molecule has 0 bridgehead atoms. The molecule has 1 aliphatic rings. The van der Waals surface area contributed by atoms with E-state index >= 15 is 0 Å². The van der Waals surface area contributed by atoms with E-state index in [0.29, 0.717) is 11.3 Å². The second-order valence-corrected chi connectivity index (χ2v) is 6.37. The molecule has 0 saturated carbocycles. The van der Waals surface area contributed by atoms with Crippen LogP contribution >= 0.6 is 0 Å². The van der Waals surface area contributed by atoms with E-state index in [1.165, 1.54) is 23.2 Å².